The molecular formula is C13H15F2NO4S. The number of halogens is 2. The van der Waals surface area contributed by atoms with E-state index in [9.17, 15) is 18.4 Å². The fourth-order valence-electron chi connectivity index (χ4n) is 2.33. The first-order valence-corrected chi connectivity index (χ1v) is 7.27. The normalized spacial score (nSPS) is 18.9. The van der Waals surface area contributed by atoms with Crippen LogP contribution in [0.15, 0.2) is 6.07 Å². The van der Waals surface area contributed by atoms with Gasteiger partial charge in [0.25, 0.3) is 5.91 Å². The second kappa shape index (κ2) is 6.38. The van der Waals surface area contributed by atoms with Crippen LogP contribution in [0.25, 0.3) is 0 Å². The molecule has 1 atom stereocenters. The fourth-order valence-corrected chi connectivity index (χ4v) is 3.24. The summed E-state index contributed by atoms with van der Waals surface area (Å²) in [6, 6.07) is 1.39. The number of ether oxygens (including phenoxy) is 1. The molecule has 0 aromatic carbocycles. The van der Waals surface area contributed by atoms with Crippen LogP contribution in [-0.2, 0) is 4.79 Å². The Balaban J connectivity index is 2.17. The number of hydrogen-bond donors (Lipinski definition) is 1. The Hall–Kier alpha value is -1.70. The lowest BCUT2D eigenvalue weighted by Crippen LogP contribution is -2.42. The number of aliphatic carboxylic acids is 1. The first-order valence-electron chi connectivity index (χ1n) is 6.45. The zero-order valence-electron chi connectivity index (χ0n) is 11.3. The highest BCUT2D eigenvalue weighted by atomic mass is 32.1. The highest BCUT2D eigenvalue weighted by Gasteiger charge is 2.31. The van der Waals surface area contributed by atoms with Gasteiger partial charge in [-0.05, 0) is 25.8 Å². The monoisotopic (exact) mass is 319 g/mol. The van der Waals surface area contributed by atoms with Crippen molar-refractivity contribution in [2.24, 2.45) is 5.92 Å². The molecule has 1 saturated heterocycles. The lowest BCUT2D eigenvalue weighted by Gasteiger charge is -2.30. The van der Waals surface area contributed by atoms with Crippen molar-refractivity contribution in [1.82, 2.24) is 4.90 Å². The van der Waals surface area contributed by atoms with Gasteiger partial charge < -0.3 is 14.7 Å². The topological polar surface area (TPSA) is 66.8 Å². The summed E-state index contributed by atoms with van der Waals surface area (Å²) in [6.07, 6.45) is 1.10. The van der Waals surface area contributed by atoms with Gasteiger partial charge in [-0.15, -0.1) is 11.3 Å². The number of piperidine rings is 1. The predicted molar refractivity (Wildman–Crippen MR) is 72.0 cm³/mol. The Kier molecular flexibility index (Phi) is 4.76. The Morgan fingerprint density at radius 1 is 1.52 bits per heavy atom. The maximum Gasteiger partial charge on any atom is 0.387 e. The third-order valence-electron chi connectivity index (χ3n) is 3.29. The van der Waals surface area contributed by atoms with E-state index in [0.29, 0.717) is 24.3 Å². The van der Waals surface area contributed by atoms with Gasteiger partial charge in [-0.1, -0.05) is 0 Å². The number of thiophene rings is 1. The standard InChI is InChI=1S/C13H15F2NO4S/c1-7-5-9(20-13(14)15)10(21-7)11(17)16-4-2-3-8(6-16)12(18)19/h5,8,13H,2-4,6H2,1H3,(H,18,19)/t8-/m0/s1. The summed E-state index contributed by atoms with van der Waals surface area (Å²) >= 11 is 1.07. The summed E-state index contributed by atoms with van der Waals surface area (Å²) in [6.45, 7) is -0.790. The van der Waals surface area contributed by atoms with Gasteiger partial charge in [-0.3, -0.25) is 9.59 Å². The third-order valence-corrected chi connectivity index (χ3v) is 4.31. The summed E-state index contributed by atoms with van der Waals surface area (Å²) < 4.78 is 29.1. The number of aryl methyl sites for hydroxylation is 1. The van der Waals surface area contributed by atoms with Crippen molar-refractivity contribution < 1.29 is 28.2 Å². The van der Waals surface area contributed by atoms with Gasteiger partial charge >= 0.3 is 12.6 Å². The van der Waals surface area contributed by atoms with Crippen LogP contribution in [0.1, 0.15) is 27.4 Å². The molecule has 0 radical (unpaired) electrons. The van der Waals surface area contributed by atoms with E-state index in [1.54, 1.807) is 6.92 Å². The molecule has 0 bridgehead atoms. The molecule has 2 heterocycles. The van der Waals surface area contributed by atoms with Crippen LogP contribution in [0.3, 0.4) is 0 Å². The van der Waals surface area contributed by atoms with Crippen molar-refractivity contribution in [2.45, 2.75) is 26.4 Å². The molecule has 1 aliphatic heterocycles. The summed E-state index contributed by atoms with van der Waals surface area (Å²) in [4.78, 5) is 25.6. The average molecular weight is 319 g/mol. The lowest BCUT2D eigenvalue weighted by molar-refractivity contribution is -0.143. The summed E-state index contributed by atoms with van der Waals surface area (Å²) in [5.41, 5.74) is 0. The number of rotatable bonds is 4. The number of carboxylic acid groups (broad SMARTS) is 1. The minimum atomic E-state index is -3.00. The van der Waals surface area contributed by atoms with Crippen LogP contribution in [0.2, 0.25) is 0 Å². The molecule has 1 fully saturated rings. The molecule has 1 N–H and O–H groups in total. The molecule has 1 aromatic heterocycles. The van der Waals surface area contributed by atoms with E-state index in [0.717, 1.165) is 11.3 Å². The minimum absolute atomic E-state index is 0.0961. The number of carboxylic acids is 1. The van der Waals surface area contributed by atoms with Gasteiger partial charge in [0, 0.05) is 18.0 Å². The molecule has 0 unspecified atom stereocenters. The average Bonchev–Trinajstić information content (AvgIpc) is 2.78. The predicted octanol–water partition coefficient (Wildman–Crippen LogP) is 2.59. The minimum Gasteiger partial charge on any atom is -0.481 e. The second-order valence-electron chi connectivity index (χ2n) is 4.86. The molecule has 116 valence electrons. The zero-order chi connectivity index (χ0) is 15.6. The first-order chi connectivity index (χ1) is 9.88. The Labute approximate surface area is 124 Å². The second-order valence-corrected chi connectivity index (χ2v) is 6.11. The highest BCUT2D eigenvalue weighted by molar-refractivity contribution is 7.14. The van der Waals surface area contributed by atoms with E-state index >= 15 is 0 Å². The van der Waals surface area contributed by atoms with Crippen LogP contribution in [-0.4, -0.2) is 41.6 Å². The van der Waals surface area contributed by atoms with Crippen molar-refractivity contribution >= 4 is 23.2 Å². The van der Waals surface area contributed by atoms with E-state index in [-0.39, 0.29) is 17.2 Å². The molecule has 0 saturated carbocycles. The summed E-state index contributed by atoms with van der Waals surface area (Å²) in [5, 5.41) is 9.03. The molecule has 21 heavy (non-hydrogen) atoms. The van der Waals surface area contributed by atoms with Crippen LogP contribution >= 0.6 is 11.3 Å². The van der Waals surface area contributed by atoms with Crippen molar-refractivity contribution in [2.75, 3.05) is 13.1 Å². The molecule has 1 aliphatic rings. The number of likely N-dealkylation sites (tertiary alicyclic amines) is 1. The van der Waals surface area contributed by atoms with Crippen LogP contribution in [0.5, 0.6) is 5.75 Å². The van der Waals surface area contributed by atoms with Gasteiger partial charge in [0.2, 0.25) is 0 Å². The van der Waals surface area contributed by atoms with E-state index in [1.807, 2.05) is 0 Å². The molecule has 5 nitrogen and oxygen atoms in total. The number of amides is 1. The van der Waals surface area contributed by atoms with Crippen molar-refractivity contribution in [3.05, 3.63) is 15.8 Å². The molecule has 0 aliphatic carbocycles. The number of hydrogen-bond acceptors (Lipinski definition) is 4. The maximum atomic E-state index is 12.4. The first kappa shape index (κ1) is 15.7. The van der Waals surface area contributed by atoms with Crippen LogP contribution in [0, 0.1) is 12.8 Å². The van der Waals surface area contributed by atoms with Gasteiger partial charge in [0.1, 0.15) is 10.6 Å². The van der Waals surface area contributed by atoms with Crippen molar-refractivity contribution in [3.8, 4) is 5.75 Å². The van der Waals surface area contributed by atoms with E-state index in [1.165, 1.54) is 11.0 Å². The van der Waals surface area contributed by atoms with Gasteiger partial charge in [0.15, 0.2) is 0 Å². The number of carbonyl (C=O) groups is 2. The van der Waals surface area contributed by atoms with Gasteiger partial charge in [-0.2, -0.15) is 8.78 Å². The Morgan fingerprint density at radius 2 is 2.24 bits per heavy atom. The number of alkyl halides is 2. The lowest BCUT2D eigenvalue weighted by atomic mass is 9.98. The van der Waals surface area contributed by atoms with Crippen molar-refractivity contribution in [3.63, 3.8) is 0 Å². The fraction of sp³-hybridized carbons (Fsp3) is 0.538. The quantitative estimate of drug-likeness (QED) is 0.926. The smallest absolute Gasteiger partial charge is 0.387 e. The summed E-state index contributed by atoms with van der Waals surface area (Å²) in [7, 11) is 0. The molecule has 1 amide bonds. The Bertz CT molecular complexity index is 546. The molecule has 1 aromatic rings. The third kappa shape index (κ3) is 3.69. The van der Waals surface area contributed by atoms with Gasteiger partial charge in [0.05, 0.1) is 5.92 Å². The number of nitrogens with zero attached hydrogens (tertiary/aromatic N) is 1. The highest BCUT2D eigenvalue weighted by Crippen LogP contribution is 2.32. The Morgan fingerprint density at radius 3 is 2.86 bits per heavy atom. The van der Waals surface area contributed by atoms with E-state index in [4.69, 9.17) is 5.11 Å². The largest absolute Gasteiger partial charge is 0.481 e. The SMILES string of the molecule is Cc1cc(OC(F)F)c(C(=O)N2CCC[C@H](C(=O)O)C2)s1. The van der Waals surface area contributed by atoms with Crippen LogP contribution < -0.4 is 4.74 Å². The van der Waals surface area contributed by atoms with Gasteiger partial charge in [-0.25, -0.2) is 0 Å². The van der Waals surface area contributed by atoms with E-state index in [2.05, 4.69) is 4.74 Å². The molecule has 2 rings (SSSR count). The van der Waals surface area contributed by atoms with E-state index < -0.39 is 24.4 Å². The number of carbonyl (C=O) groups excluding carboxylic acids is 1. The summed E-state index contributed by atoms with van der Waals surface area (Å²) in [5.74, 6) is -2.15. The molecule has 0 spiro atoms. The zero-order valence-corrected chi connectivity index (χ0v) is 12.2. The van der Waals surface area contributed by atoms with Crippen molar-refractivity contribution in [1.29, 1.82) is 0 Å². The molecular weight excluding hydrogens is 304 g/mol. The maximum absolute atomic E-state index is 12.4. The van der Waals surface area contributed by atoms with Crippen LogP contribution in [0.4, 0.5) is 8.78 Å². The molecule has 8 heteroatoms.